The number of amides is 1. The van der Waals surface area contributed by atoms with Crippen molar-refractivity contribution in [2.75, 3.05) is 12.4 Å². The van der Waals surface area contributed by atoms with E-state index in [1.165, 1.54) is 11.0 Å². The number of fused-ring (bicyclic) bond motifs is 1. The number of ether oxygens (including phenoxy) is 1. The first-order valence-corrected chi connectivity index (χ1v) is 9.29. The second-order valence-corrected chi connectivity index (χ2v) is 6.71. The topological polar surface area (TPSA) is 112 Å². The zero-order valence-electron chi connectivity index (χ0n) is 16.5. The molecule has 4 aromatic rings. The molecule has 9 heteroatoms. The number of benzene rings is 2. The van der Waals surface area contributed by atoms with Gasteiger partial charge in [-0.25, -0.2) is 9.48 Å². The van der Waals surface area contributed by atoms with Crippen LogP contribution in [0, 0.1) is 6.92 Å². The monoisotopic (exact) mass is 405 g/mol. The van der Waals surface area contributed by atoms with Crippen LogP contribution in [-0.2, 0) is 11.2 Å². The van der Waals surface area contributed by atoms with Crippen LogP contribution in [0.4, 0.5) is 5.69 Å². The van der Waals surface area contributed by atoms with Crippen LogP contribution in [0.5, 0.6) is 5.75 Å². The lowest BCUT2D eigenvalue weighted by Gasteiger charge is -2.10. The first-order valence-electron chi connectivity index (χ1n) is 9.29. The minimum absolute atomic E-state index is 0.141. The smallest absolute Gasteiger partial charge is 0.339 e. The number of aryl methyl sites for hydroxylation is 1. The Labute approximate surface area is 171 Å². The second kappa shape index (κ2) is 8.16. The maximum absolute atomic E-state index is 12.4. The number of aromatic nitrogens is 4. The maximum Gasteiger partial charge on any atom is 0.339 e. The van der Waals surface area contributed by atoms with Crippen molar-refractivity contribution in [2.24, 2.45) is 0 Å². The predicted octanol–water partition coefficient (Wildman–Crippen LogP) is 2.66. The van der Waals surface area contributed by atoms with Gasteiger partial charge in [-0.3, -0.25) is 4.79 Å². The molecule has 4 rings (SSSR count). The van der Waals surface area contributed by atoms with Crippen molar-refractivity contribution in [2.45, 2.75) is 19.8 Å². The fourth-order valence-corrected chi connectivity index (χ4v) is 3.26. The first kappa shape index (κ1) is 19.3. The van der Waals surface area contributed by atoms with Gasteiger partial charge in [0.1, 0.15) is 17.7 Å². The summed E-state index contributed by atoms with van der Waals surface area (Å²) in [5.41, 5.74) is 2.65. The lowest BCUT2D eigenvalue weighted by atomic mass is 10.0. The zero-order valence-corrected chi connectivity index (χ0v) is 16.5. The molecule has 0 unspecified atom stereocenters. The second-order valence-electron chi connectivity index (χ2n) is 6.71. The van der Waals surface area contributed by atoms with Gasteiger partial charge in [0, 0.05) is 29.1 Å². The van der Waals surface area contributed by atoms with E-state index in [2.05, 4.69) is 20.8 Å². The van der Waals surface area contributed by atoms with Crippen LogP contribution in [0.3, 0.4) is 0 Å². The van der Waals surface area contributed by atoms with Crippen LogP contribution in [0.25, 0.3) is 16.7 Å². The highest BCUT2D eigenvalue weighted by Gasteiger charge is 2.14. The number of rotatable bonds is 6. The Morgan fingerprint density at radius 2 is 2.10 bits per heavy atom. The third-order valence-electron chi connectivity index (χ3n) is 4.84. The van der Waals surface area contributed by atoms with E-state index in [0.29, 0.717) is 22.6 Å². The van der Waals surface area contributed by atoms with Crippen LogP contribution in [0.1, 0.15) is 17.5 Å². The lowest BCUT2D eigenvalue weighted by molar-refractivity contribution is -0.116. The molecule has 30 heavy (non-hydrogen) atoms. The van der Waals surface area contributed by atoms with Crippen LogP contribution >= 0.6 is 0 Å². The van der Waals surface area contributed by atoms with E-state index in [9.17, 15) is 9.59 Å². The van der Waals surface area contributed by atoms with E-state index in [4.69, 9.17) is 9.15 Å². The quantitative estimate of drug-likeness (QED) is 0.491. The van der Waals surface area contributed by atoms with Gasteiger partial charge in [0.2, 0.25) is 5.91 Å². The Morgan fingerprint density at radius 3 is 2.87 bits per heavy atom. The normalized spacial score (nSPS) is 10.9. The van der Waals surface area contributed by atoms with Crippen molar-refractivity contribution < 1.29 is 13.9 Å². The molecule has 0 atom stereocenters. The Hall–Kier alpha value is -4.01. The average Bonchev–Trinajstić information content (AvgIpc) is 3.28. The summed E-state index contributed by atoms with van der Waals surface area (Å²) in [7, 11) is 1.55. The van der Waals surface area contributed by atoms with Gasteiger partial charge in [-0.1, -0.05) is 6.07 Å². The summed E-state index contributed by atoms with van der Waals surface area (Å²) in [6.45, 7) is 1.86. The third-order valence-corrected chi connectivity index (χ3v) is 4.84. The van der Waals surface area contributed by atoms with Gasteiger partial charge < -0.3 is 14.5 Å². The fourth-order valence-electron chi connectivity index (χ4n) is 3.26. The number of nitrogens with zero attached hydrogens (tertiary/aromatic N) is 4. The molecule has 2 aromatic heterocycles. The largest absolute Gasteiger partial charge is 0.497 e. The van der Waals surface area contributed by atoms with Gasteiger partial charge in [0.05, 0.1) is 12.8 Å². The molecule has 9 nitrogen and oxygen atoms in total. The summed E-state index contributed by atoms with van der Waals surface area (Å²) in [5, 5.41) is 14.7. The predicted molar refractivity (Wildman–Crippen MR) is 110 cm³/mol. The molecule has 0 saturated carbocycles. The van der Waals surface area contributed by atoms with Crippen LogP contribution in [-0.4, -0.2) is 33.2 Å². The molecule has 2 heterocycles. The molecule has 0 radical (unpaired) electrons. The highest BCUT2D eigenvalue weighted by Crippen LogP contribution is 2.24. The van der Waals surface area contributed by atoms with Crippen LogP contribution in [0.2, 0.25) is 0 Å². The summed E-state index contributed by atoms with van der Waals surface area (Å²) in [6.07, 6.45) is 1.88. The van der Waals surface area contributed by atoms with E-state index >= 15 is 0 Å². The van der Waals surface area contributed by atoms with Gasteiger partial charge in [-0.15, -0.1) is 5.10 Å². The van der Waals surface area contributed by atoms with Crippen molar-refractivity contribution in [3.05, 3.63) is 70.3 Å². The molecule has 0 aliphatic rings. The highest BCUT2D eigenvalue weighted by molar-refractivity contribution is 5.91. The number of methoxy groups -OCH3 is 1. The summed E-state index contributed by atoms with van der Waals surface area (Å²) >= 11 is 0. The lowest BCUT2D eigenvalue weighted by Crippen LogP contribution is -2.16. The molecular formula is C21H19N5O4. The van der Waals surface area contributed by atoms with Crippen molar-refractivity contribution in [1.29, 1.82) is 0 Å². The molecule has 0 fully saturated rings. The summed E-state index contributed by atoms with van der Waals surface area (Å²) in [5.74, 6) is 0.401. The van der Waals surface area contributed by atoms with Gasteiger partial charge >= 0.3 is 5.63 Å². The molecule has 152 valence electrons. The highest BCUT2D eigenvalue weighted by atomic mass is 16.5. The van der Waals surface area contributed by atoms with Gasteiger partial charge in [-0.05, 0) is 59.7 Å². The molecule has 0 spiro atoms. The van der Waals surface area contributed by atoms with Crippen molar-refractivity contribution >= 4 is 22.6 Å². The molecular weight excluding hydrogens is 386 g/mol. The van der Waals surface area contributed by atoms with E-state index < -0.39 is 5.63 Å². The number of carbonyl (C=O) groups is 1. The van der Waals surface area contributed by atoms with Crippen molar-refractivity contribution in [3.63, 3.8) is 0 Å². The molecule has 0 saturated heterocycles. The minimum atomic E-state index is -0.443. The summed E-state index contributed by atoms with van der Waals surface area (Å²) in [6, 6.07) is 12.5. The van der Waals surface area contributed by atoms with Gasteiger partial charge in [-0.2, -0.15) is 0 Å². The SMILES string of the molecule is COc1ccc2c(C)c(CCC(=O)Nc3cccc(-n4cnnn4)c3)c(=O)oc2c1. The molecule has 0 aliphatic carbocycles. The molecule has 0 aliphatic heterocycles. The molecule has 2 aromatic carbocycles. The molecule has 1 N–H and O–H groups in total. The number of carbonyl (C=O) groups excluding carboxylic acids is 1. The Bertz CT molecular complexity index is 1260. The van der Waals surface area contributed by atoms with E-state index in [0.717, 1.165) is 16.6 Å². The Balaban J connectivity index is 1.48. The summed E-state index contributed by atoms with van der Waals surface area (Å²) < 4.78 is 12.1. The van der Waals surface area contributed by atoms with Crippen molar-refractivity contribution in [1.82, 2.24) is 20.2 Å². The average molecular weight is 405 g/mol. The Morgan fingerprint density at radius 1 is 1.23 bits per heavy atom. The Kier molecular flexibility index (Phi) is 5.25. The summed E-state index contributed by atoms with van der Waals surface area (Å²) in [4.78, 5) is 24.9. The van der Waals surface area contributed by atoms with Crippen LogP contribution in [0.15, 0.2) is 58.0 Å². The standard InChI is InChI=1S/C21H19N5O4/c1-13-17-7-6-16(29-2)11-19(17)30-21(28)18(13)8-9-20(27)23-14-4-3-5-15(10-14)26-12-22-24-25-26/h3-7,10-12H,8-9H2,1-2H3,(H,23,27). The molecule has 0 bridgehead atoms. The van der Waals surface area contributed by atoms with Gasteiger partial charge in [0.25, 0.3) is 0 Å². The van der Waals surface area contributed by atoms with E-state index in [1.54, 1.807) is 31.4 Å². The van der Waals surface area contributed by atoms with Crippen molar-refractivity contribution in [3.8, 4) is 11.4 Å². The zero-order chi connectivity index (χ0) is 21.1. The fraction of sp³-hybridized carbons (Fsp3) is 0.190. The van der Waals surface area contributed by atoms with Crippen LogP contribution < -0.4 is 15.7 Å². The number of tetrazole rings is 1. The third kappa shape index (κ3) is 3.90. The minimum Gasteiger partial charge on any atom is -0.497 e. The number of hydrogen-bond acceptors (Lipinski definition) is 7. The first-order chi connectivity index (χ1) is 14.5. The number of anilines is 1. The number of hydrogen-bond donors (Lipinski definition) is 1. The van der Waals surface area contributed by atoms with E-state index in [-0.39, 0.29) is 18.7 Å². The van der Waals surface area contributed by atoms with Gasteiger partial charge in [0.15, 0.2) is 0 Å². The van der Waals surface area contributed by atoms with E-state index in [1.807, 2.05) is 25.1 Å². The maximum atomic E-state index is 12.4. The number of nitrogens with one attached hydrogen (secondary N) is 1. The molecule has 1 amide bonds.